The van der Waals surface area contributed by atoms with E-state index < -0.39 is 5.41 Å². The van der Waals surface area contributed by atoms with Crippen molar-refractivity contribution in [2.45, 2.75) is 26.2 Å². The van der Waals surface area contributed by atoms with Gasteiger partial charge in [-0.25, -0.2) is 0 Å². The quantitative estimate of drug-likeness (QED) is 0.935. The molecule has 2 amide bonds. The highest BCUT2D eigenvalue weighted by Gasteiger charge is 2.54. The average molecular weight is 337 g/mol. The molecule has 130 valence electrons. The molecular formula is C20H23N3O2. The molecule has 1 aliphatic heterocycles. The van der Waals surface area contributed by atoms with E-state index in [1.165, 1.54) is 0 Å². The molecule has 0 bridgehead atoms. The molecule has 1 saturated heterocycles. The second kappa shape index (κ2) is 5.76. The first-order valence-electron chi connectivity index (χ1n) is 8.84. The number of amides is 2. The molecule has 2 aromatic rings. The summed E-state index contributed by atoms with van der Waals surface area (Å²) in [7, 11) is 0. The van der Waals surface area contributed by atoms with Crippen molar-refractivity contribution in [1.82, 2.24) is 9.47 Å². The molecule has 0 radical (unpaired) electrons. The lowest BCUT2D eigenvalue weighted by Gasteiger charge is -2.24. The largest absolute Gasteiger partial charge is 0.369 e. The number of rotatable bonds is 3. The van der Waals surface area contributed by atoms with Gasteiger partial charge < -0.3 is 15.2 Å². The number of benzene rings is 1. The van der Waals surface area contributed by atoms with Crippen molar-refractivity contribution in [3.63, 3.8) is 0 Å². The molecule has 1 aliphatic carbocycles. The topological polar surface area (TPSA) is 68.3 Å². The Balaban J connectivity index is 1.62. The van der Waals surface area contributed by atoms with E-state index in [4.69, 9.17) is 5.73 Å². The van der Waals surface area contributed by atoms with E-state index in [-0.39, 0.29) is 17.7 Å². The zero-order valence-electron chi connectivity index (χ0n) is 14.4. The zero-order valence-corrected chi connectivity index (χ0v) is 14.4. The summed E-state index contributed by atoms with van der Waals surface area (Å²) in [5, 5.41) is 0. The molecule has 0 spiro atoms. The van der Waals surface area contributed by atoms with E-state index >= 15 is 0 Å². The lowest BCUT2D eigenvalue weighted by atomic mass is 9.80. The van der Waals surface area contributed by atoms with Gasteiger partial charge in [0.25, 0.3) is 5.91 Å². The minimum Gasteiger partial charge on any atom is -0.369 e. The highest BCUT2D eigenvalue weighted by molar-refractivity contribution is 5.96. The van der Waals surface area contributed by atoms with Gasteiger partial charge in [-0.1, -0.05) is 12.5 Å². The summed E-state index contributed by atoms with van der Waals surface area (Å²) in [5.41, 5.74) is 7.96. The van der Waals surface area contributed by atoms with Gasteiger partial charge in [0.05, 0.1) is 5.41 Å². The smallest absolute Gasteiger partial charge is 0.253 e. The molecular weight excluding hydrogens is 314 g/mol. The predicted octanol–water partition coefficient (Wildman–Crippen LogP) is 2.51. The van der Waals surface area contributed by atoms with Crippen molar-refractivity contribution >= 4 is 11.8 Å². The fraction of sp³-hybridized carbons (Fsp3) is 0.400. The third-order valence-corrected chi connectivity index (χ3v) is 5.99. The molecule has 2 N–H and O–H groups in total. The number of fused-ring (bicyclic) bond motifs is 1. The van der Waals surface area contributed by atoms with Crippen molar-refractivity contribution in [2.75, 3.05) is 13.1 Å². The number of aryl methyl sites for hydroxylation is 1. The molecule has 1 aromatic carbocycles. The van der Waals surface area contributed by atoms with Crippen LogP contribution in [0.25, 0.3) is 5.69 Å². The molecule has 5 heteroatoms. The number of nitrogens with zero attached hydrogens (tertiary/aromatic N) is 2. The lowest BCUT2D eigenvalue weighted by Crippen LogP contribution is -2.41. The van der Waals surface area contributed by atoms with Crippen molar-refractivity contribution in [3.05, 3.63) is 53.9 Å². The first kappa shape index (κ1) is 15.9. The SMILES string of the molecule is Cc1ccc(C(=O)N2C[C@@H]3CCC[C@]3(C(N)=O)C2)cc1-n1cccc1. The van der Waals surface area contributed by atoms with Gasteiger partial charge in [-0.3, -0.25) is 9.59 Å². The Morgan fingerprint density at radius 3 is 2.68 bits per heavy atom. The molecule has 25 heavy (non-hydrogen) atoms. The standard InChI is InChI=1S/C20H23N3O2/c1-14-6-7-15(11-17(14)22-9-2-3-10-22)18(24)23-12-16-5-4-8-20(16,13-23)19(21)25/h2-3,6-7,9-11,16H,4-5,8,12-13H2,1H3,(H2,21,25)/t16-,20-/m0/s1. The number of carbonyl (C=O) groups excluding carboxylic acids is 2. The van der Waals surface area contributed by atoms with Crippen LogP contribution in [0.3, 0.4) is 0 Å². The molecule has 2 atom stereocenters. The number of aromatic nitrogens is 1. The molecule has 2 fully saturated rings. The van der Waals surface area contributed by atoms with Gasteiger partial charge in [-0.05, 0) is 55.5 Å². The Morgan fingerprint density at radius 2 is 2.00 bits per heavy atom. The van der Waals surface area contributed by atoms with E-state index in [1.54, 1.807) is 0 Å². The molecule has 5 nitrogen and oxygen atoms in total. The Hall–Kier alpha value is -2.56. The summed E-state index contributed by atoms with van der Waals surface area (Å²) in [6.45, 7) is 3.12. The fourth-order valence-corrected chi connectivity index (χ4v) is 4.54. The van der Waals surface area contributed by atoms with E-state index in [2.05, 4.69) is 0 Å². The van der Waals surface area contributed by atoms with Crippen molar-refractivity contribution in [1.29, 1.82) is 0 Å². The van der Waals surface area contributed by atoms with Crippen LogP contribution in [0.15, 0.2) is 42.7 Å². The zero-order chi connectivity index (χ0) is 17.6. The monoisotopic (exact) mass is 337 g/mol. The summed E-state index contributed by atoms with van der Waals surface area (Å²) in [6, 6.07) is 9.71. The average Bonchev–Trinajstić information content (AvgIpc) is 3.30. The minimum atomic E-state index is -0.510. The minimum absolute atomic E-state index is 0.0107. The Bertz CT molecular complexity index is 827. The van der Waals surface area contributed by atoms with Crippen LogP contribution in [0.1, 0.15) is 35.2 Å². The van der Waals surface area contributed by atoms with Crippen molar-refractivity contribution in [3.8, 4) is 5.69 Å². The third kappa shape index (κ3) is 2.46. The molecule has 1 aromatic heterocycles. The van der Waals surface area contributed by atoms with E-state index in [0.717, 1.165) is 30.5 Å². The van der Waals surface area contributed by atoms with Crippen LogP contribution < -0.4 is 5.73 Å². The van der Waals surface area contributed by atoms with E-state index in [0.29, 0.717) is 18.7 Å². The summed E-state index contributed by atoms with van der Waals surface area (Å²) in [4.78, 5) is 26.9. The Morgan fingerprint density at radius 1 is 1.24 bits per heavy atom. The Kier molecular flexibility index (Phi) is 3.67. The third-order valence-electron chi connectivity index (χ3n) is 5.99. The molecule has 0 unspecified atom stereocenters. The van der Waals surface area contributed by atoms with Crippen molar-refractivity contribution in [2.24, 2.45) is 17.1 Å². The van der Waals surface area contributed by atoms with Gasteiger partial charge >= 0.3 is 0 Å². The van der Waals surface area contributed by atoms with Crippen LogP contribution in [-0.4, -0.2) is 34.4 Å². The predicted molar refractivity (Wildman–Crippen MR) is 95.4 cm³/mol. The van der Waals surface area contributed by atoms with Crippen molar-refractivity contribution < 1.29 is 9.59 Å². The van der Waals surface area contributed by atoms with Crippen LogP contribution >= 0.6 is 0 Å². The molecule has 1 saturated carbocycles. The first-order valence-corrected chi connectivity index (χ1v) is 8.84. The van der Waals surface area contributed by atoms with Gasteiger partial charge in [0.15, 0.2) is 0 Å². The maximum absolute atomic E-state index is 13.0. The number of carbonyl (C=O) groups is 2. The first-order chi connectivity index (χ1) is 12.0. The fourth-order valence-electron chi connectivity index (χ4n) is 4.54. The van der Waals surface area contributed by atoms with Gasteiger partial charge in [0.1, 0.15) is 0 Å². The highest BCUT2D eigenvalue weighted by atomic mass is 16.2. The molecule has 2 heterocycles. The van der Waals surface area contributed by atoms with Crippen LogP contribution in [-0.2, 0) is 4.79 Å². The summed E-state index contributed by atoms with van der Waals surface area (Å²) in [6.07, 6.45) is 6.75. The maximum atomic E-state index is 13.0. The van der Waals surface area contributed by atoms with Gasteiger partial charge in [-0.15, -0.1) is 0 Å². The maximum Gasteiger partial charge on any atom is 0.253 e. The van der Waals surface area contributed by atoms with Gasteiger partial charge in [0, 0.05) is 36.7 Å². The summed E-state index contributed by atoms with van der Waals surface area (Å²) < 4.78 is 2.01. The molecule has 2 aliphatic rings. The van der Waals surface area contributed by atoms with E-state index in [9.17, 15) is 9.59 Å². The Labute approximate surface area is 147 Å². The van der Waals surface area contributed by atoms with Gasteiger partial charge in [0.2, 0.25) is 5.91 Å². The number of likely N-dealkylation sites (tertiary alicyclic amines) is 1. The summed E-state index contributed by atoms with van der Waals surface area (Å²) in [5.74, 6) is -0.0472. The number of primary amides is 1. The number of hydrogen-bond acceptors (Lipinski definition) is 2. The van der Waals surface area contributed by atoms with Crippen LogP contribution in [0.5, 0.6) is 0 Å². The van der Waals surface area contributed by atoms with Crippen LogP contribution in [0.2, 0.25) is 0 Å². The van der Waals surface area contributed by atoms with Gasteiger partial charge in [-0.2, -0.15) is 0 Å². The van der Waals surface area contributed by atoms with Crippen LogP contribution in [0.4, 0.5) is 0 Å². The summed E-state index contributed by atoms with van der Waals surface area (Å²) >= 11 is 0. The second-order valence-electron chi connectivity index (χ2n) is 7.39. The molecule has 4 rings (SSSR count). The van der Waals surface area contributed by atoms with Crippen LogP contribution in [0, 0.1) is 18.3 Å². The highest BCUT2D eigenvalue weighted by Crippen LogP contribution is 2.48. The van der Waals surface area contributed by atoms with E-state index in [1.807, 2.05) is 59.1 Å². The second-order valence-corrected chi connectivity index (χ2v) is 7.39. The lowest BCUT2D eigenvalue weighted by molar-refractivity contribution is -0.128. The normalized spacial score (nSPS) is 25.2. The number of nitrogens with two attached hydrogens (primary N) is 1. The number of hydrogen-bond donors (Lipinski definition) is 1.